The van der Waals surface area contributed by atoms with Crippen LogP contribution in [0.5, 0.6) is 0 Å². The first-order chi connectivity index (χ1) is 12.6. The molecule has 0 aliphatic carbocycles. The van der Waals surface area contributed by atoms with Gasteiger partial charge in [0.2, 0.25) is 10.4 Å². The van der Waals surface area contributed by atoms with E-state index in [0.717, 1.165) is 4.63 Å². The molecule has 0 N–H and O–H groups in total. The molecule has 0 radical (unpaired) electrons. The highest BCUT2D eigenvalue weighted by Crippen LogP contribution is 2.47. The molecule has 0 atom stereocenters. The van der Waals surface area contributed by atoms with Gasteiger partial charge in [-0.1, -0.05) is 91.0 Å². The molecule has 3 aromatic rings. The largest absolute Gasteiger partial charge is 1.00 e. The van der Waals surface area contributed by atoms with Crippen LogP contribution in [0.15, 0.2) is 91.0 Å². The van der Waals surface area contributed by atoms with Gasteiger partial charge in [0.1, 0.15) is 12.5 Å². The van der Waals surface area contributed by atoms with Gasteiger partial charge in [-0.15, -0.1) is 0 Å². The van der Waals surface area contributed by atoms with Crippen LogP contribution >= 0.6 is 6.89 Å². The second kappa shape index (κ2) is 9.46. The standard InChI is InChI=1S/C23H24OPS.ClH/c1-19(24)23(26(2)3)25(20-13-7-4-8-14-20,21-15-9-5-10-16-21)22-17-11-6-12-18-22;/h4-18H,1-3H3;1H/q+1;/p-1. The SMILES string of the molecule is CC(=O)C([S+](C)C)=P(c1ccccc1)(c1ccccc1)c1ccccc1.[Cl-]. The van der Waals surface area contributed by atoms with E-state index in [1.54, 1.807) is 6.92 Å². The average molecular weight is 415 g/mol. The molecule has 3 rings (SSSR count). The van der Waals surface area contributed by atoms with Crippen molar-refractivity contribution in [2.45, 2.75) is 6.92 Å². The predicted octanol–water partition coefficient (Wildman–Crippen LogP) is 0.581. The van der Waals surface area contributed by atoms with Gasteiger partial charge in [-0.25, -0.2) is 0 Å². The lowest BCUT2D eigenvalue weighted by Crippen LogP contribution is -3.00. The Morgan fingerprint density at radius 3 is 1.19 bits per heavy atom. The summed E-state index contributed by atoms with van der Waals surface area (Å²) in [6.07, 6.45) is 4.33. The number of Topliss-reactive ketones (excluding diaryl/α,β-unsaturated/α-hetero) is 1. The molecule has 0 saturated heterocycles. The van der Waals surface area contributed by atoms with E-state index < -0.39 is 6.89 Å². The van der Waals surface area contributed by atoms with Crippen molar-refractivity contribution in [2.24, 2.45) is 0 Å². The van der Waals surface area contributed by atoms with Crippen LogP contribution in [0.4, 0.5) is 0 Å². The van der Waals surface area contributed by atoms with Crippen molar-refractivity contribution in [3.8, 4) is 0 Å². The number of ketones is 1. The van der Waals surface area contributed by atoms with Gasteiger partial charge in [-0.3, -0.25) is 4.79 Å². The first kappa shape index (κ1) is 21.6. The molecule has 0 heterocycles. The highest BCUT2D eigenvalue weighted by atomic mass is 35.5. The van der Waals surface area contributed by atoms with Crippen molar-refractivity contribution in [3.63, 3.8) is 0 Å². The van der Waals surface area contributed by atoms with Gasteiger partial charge in [0, 0.05) is 24.7 Å². The maximum absolute atomic E-state index is 12.9. The lowest BCUT2D eigenvalue weighted by Gasteiger charge is -2.29. The van der Waals surface area contributed by atoms with Crippen molar-refractivity contribution in [3.05, 3.63) is 91.0 Å². The van der Waals surface area contributed by atoms with Gasteiger partial charge in [0.05, 0.1) is 0 Å². The van der Waals surface area contributed by atoms with Crippen molar-refractivity contribution >= 4 is 44.1 Å². The lowest BCUT2D eigenvalue weighted by atomic mass is 10.4. The maximum atomic E-state index is 12.9. The Morgan fingerprint density at radius 2 is 0.963 bits per heavy atom. The van der Waals surface area contributed by atoms with Crippen LogP contribution in [0.3, 0.4) is 0 Å². The van der Waals surface area contributed by atoms with Crippen LogP contribution in [0.1, 0.15) is 6.92 Å². The van der Waals surface area contributed by atoms with E-state index in [2.05, 4.69) is 85.3 Å². The van der Waals surface area contributed by atoms with E-state index in [-0.39, 0.29) is 29.1 Å². The van der Waals surface area contributed by atoms with Gasteiger partial charge in [0.15, 0.2) is 0 Å². The summed E-state index contributed by atoms with van der Waals surface area (Å²) in [6, 6.07) is 31.7. The summed E-state index contributed by atoms with van der Waals surface area (Å²) >= 11 is 0. The molecular formula is C23H24ClOPS. The molecule has 27 heavy (non-hydrogen) atoms. The fourth-order valence-corrected chi connectivity index (χ4v) is 11.2. The lowest BCUT2D eigenvalue weighted by molar-refractivity contribution is -0.110. The van der Waals surface area contributed by atoms with E-state index in [9.17, 15) is 4.79 Å². The Morgan fingerprint density at radius 1 is 0.667 bits per heavy atom. The van der Waals surface area contributed by atoms with E-state index >= 15 is 0 Å². The van der Waals surface area contributed by atoms with E-state index in [1.165, 1.54) is 15.9 Å². The third kappa shape index (κ3) is 4.09. The normalized spacial score (nSPS) is 11.0. The topological polar surface area (TPSA) is 17.1 Å². The molecular weight excluding hydrogens is 391 g/mol. The van der Waals surface area contributed by atoms with E-state index in [4.69, 9.17) is 0 Å². The summed E-state index contributed by atoms with van der Waals surface area (Å²) in [5, 5.41) is 3.72. The van der Waals surface area contributed by atoms with Gasteiger partial charge < -0.3 is 12.4 Å². The number of benzene rings is 3. The summed E-state index contributed by atoms with van der Waals surface area (Å²) in [6.45, 7) is -0.468. The second-order valence-electron chi connectivity index (χ2n) is 6.36. The minimum atomic E-state index is -2.20. The summed E-state index contributed by atoms with van der Waals surface area (Å²) in [7, 11) is -0.138. The molecule has 0 spiro atoms. The molecule has 1 nitrogen and oxygen atoms in total. The quantitative estimate of drug-likeness (QED) is 0.441. The van der Waals surface area contributed by atoms with Crippen LogP contribution in [-0.4, -0.2) is 22.9 Å². The van der Waals surface area contributed by atoms with Crippen LogP contribution < -0.4 is 28.3 Å². The van der Waals surface area contributed by atoms with Gasteiger partial charge >= 0.3 is 0 Å². The highest BCUT2D eigenvalue weighted by molar-refractivity contribution is 8.24. The smallest absolute Gasteiger partial charge is 0.207 e. The van der Waals surface area contributed by atoms with E-state index in [0.29, 0.717) is 0 Å². The number of rotatable bonds is 5. The minimum absolute atomic E-state index is 0. The van der Waals surface area contributed by atoms with Crippen LogP contribution in [-0.2, 0) is 15.7 Å². The first-order valence-corrected chi connectivity index (χ1v) is 12.4. The maximum Gasteiger partial charge on any atom is 0.207 e. The van der Waals surface area contributed by atoms with Crippen molar-refractivity contribution in [1.82, 2.24) is 0 Å². The van der Waals surface area contributed by atoms with Crippen LogP contribution in [0, 0.1) is 0 Å². The summed E-state index contributed by atoms with van der Waals surface area (Å²) < 4.78 is 1.06. The zero-order valence-corrected chi connectivity index (χ0v) is 18.3. The number of hydrogen-bond acceptors (Lipinski definition) is 1. The average Bonchev–Trinajstić information content (AvgIpc) is 2.67. The second-order valence-corrected chi connectivity index (χ2v) is 12.0. The highest BCUT2D eigenvalue weighted by Gasteiger charge is 2.38. The molecule has 140 valence electrons. The first-order valence-electron chi connectivity index (χ1n) is 8.60. The fourth-order valence-electron chi connectivity index (χ4n) is 3.55. The molecule has 0 bridgehead atoms. The number of hydrogen-bond donors (Lipinski definition) is 0. The van der Waals surface area contributed by atoms with Crippen molar-refractivity contribution in [1.29, 1.82) is 0 Å². The Bertz CT molecular complexity index is 834. The Hall–Kier alpha value is -1.73. The molecule has 0 unspecified atom stereocenters. The zero-order valence-electron chi connectivity index (χ0n) is 15.8. The number of carbonyl (C=O) groups excluding carboxylic acids is 1. The molecule has 0 amide bonds. The third-order valence-corrected chi connectivity index (χ3v) is 11.5. The minimum Gasteiger partial charge on any atom is -1.00 e. The summed E-state index contributed by atoms with van der Waals surface area (Å²) in [4.78, 5) is 12.9. The molecule has 0 fully saturated rings. The Labute approximate surface area is 171 Å². The Kier molecular flexibility index (Phi) is 7.56. The molecule has 0 aliphatic heterocycles. The zero-order chi connectivity index (χ0) is 18.6. The van der Waals surface area contributed by atoms with Crippen LogP contribution in [0.2, 0.25) is 0 Å². The van der Waals surface area contributed by atoms with Crippen LogP contribution in [0.25, 0.3) is 0 Å². The molecule has 4 heteroatoms. The molecule has 0 saturated carbocycles. The van der Waals surface area contributed by atoms with Gasteiger partial charge in [-0.2, -0.15) is 0 Å². The third-order valence-electron chi connectivity index (χ3n) is 4.42. The van der Waals surface area contributed by atoms with Gasteiger partial charge in [-0.05, 0) is 15.9 Å². The molecule has 3 aromatic carbocycles. The number of halogens is 1. The number of carbonyl (C=O) groups is 1. The molecule has 0 aromatic heterocycles. The predicted molar refractivity (Wildman–Crippen MR) is 120 cm³/mol. The van der Waals surface area contributed by atoms with Crippen molar-refractivity contribution in [2.75, 3.05) is 12.5 Å². The summed E-state index contributed by atoms with van der Waals surface area (Å²) in [5.74, 6) is 0.197. The van der Waals surface area contributed by atoms with Gasteiger partial charge in [0.25, 0.3) is 0 Å². The van der Waals surface area contributed by atoms with E-state index in [1.807, 2.05) is 18.2 Å². The van der Waals surface area contributed by atoms with Crippen molar-refractivity contribution < 1.29 is 17.2 Å². The monoisotopic (exact) mass is 414 g/mol. The molecule has 0 aliphatic rings. The summed E-state index contributed by atoms with van der Waals surface area (Å²) in [5.41, 5.74) is 0. The Balaban J connectivity index is 0.00000261. The fraction of sp³-hybridized carbons (Fsp3) is 0.130.